The topological polar surface area (TPSA) is 60.2 Å². The Labute approximate surface area is 157 Å². The van der Waals surface area contributed by atoms with E-state index in [1.807, 2.05) is 30.3 Å². The Kier molecular flexibility index (Phi) is 5.15. The summed E-state index contributed by atoms with van der Waals surface area (Å²) in [6, 6.07) is 10.2. The van der Waals surface area contributed by atoms with Gasteiger partial charge in [-0.05, 0) is 37.7 Å². The second-order valence-electron chi connectivity index (χ2n) is 6.86. The lowest BCUT2D eigenvalue weighted by atomic mass is 10.1. The summed E-state index contributed by atoms with van der Waals surface area (Å²) in [5, 5.41) is 9.34. The first-order valence-corrected chi connectivity index (χ1v) is 10.1. The van der Waals surface area contributed by atoms with Crippen LogP contribution in [0.3, 0.4) is 0 Å². The van der Waals surface area contributed by atoms with Gasteiger partial charge in [-0.25, -0.2) is 0 Å². The summed E-state index contributed by atoms with van der Waals surface area (Å²) in [5.41, 5.74) is 0.925. The third kappa shape index (κ3) is 3.58. The molecular weight excluding hydrogens is 348 g/mol. The van der Waals surface area contributed by atoms with Crippen molar-refractivity contribution in [3.63, 3.8) is 0 Å². The zero-order valence-corrected chi connectivity index (χ0v) is 15.8. The summed E-state index contributed by atoms with van der Waals surface area (Å²) >= 11 is 1.44. The summed E-state index contributed by atoms with van der Waals surface area (Å²) in [6.07, 6.45) is 6.00. The molecular formula is C19H24N4O2S. The number of rotatable bonds is 6. The number of esters is 1. The average molecular weight is 372 g/mol. The fourth-order valence-corrected chi connectivity index (χ4v) is 4.53. The number of piperidine rings is 1. The molecule has 2 aliphatic rings. The zero-order chi connectivity index (χ0) is 17.9. The number of hydrogen-bond donors (Lipinski definition) is 0. The highest BCUT2D eigenvalue weighted by Gasteiger charge is 2.34. The van der Waals surface area contributed by atoms with Crippen LogP contribution in [0.25, 0.3) is 0 Å². The largest absolute Gasteiger partial charge is 0.468 e. The fraction of sp³-hybridized carbons (Fsp3) is 0.526. The van der Waals surface area contributed by atoms with Gasteiger partial charge in [-0.2, -0.15) is 0 Å². The highest BCUT2D eigenvalue weighted by Crippen LogP contribution is 2.44. The van der Waals surface area contributed by atoms with Crippen molar-refractivity contribution < 1.29 is 9.53 Å². The highest BCUT2D eigenvalue weighted by molar-refractivity contribution is 8.00. The molecule has 1 aromatic carbocycles. The summed E-state index contributed by atoms with van der Waals surface area (Å²) in [7, 11) is 1.43. The first kappa shape index (κ1) is 17.4. The van der Waals surface area contributed by atoms with Crippen LogP contribution < -0.4 is 4.90 Å². The molecule has 0 N–H and O–H groups in total. The van der Waals surface area contributed by atoms with Crippen molar-refractivity contribution in [2.45, 2.75) is 48.6 Å². The molecule has 0 amide bonds. The van der Waals surface area contributed by atoms with Gasteiger partial charge in [-0.15, -0.1) is 10.2 Å². The summed E-state index contributed by atoms with van der Waals surface area (Å²) < 4.78 is 7.30. The van der Waals surface area contributed by atoms with E-state index >= 15 is 0 Å². The molecule has 2 fully saturated rings. The van der Waals surface area contributed by atoms with Crippen molar-refractivity contribution in [3.8, 4) is 0 Å². The number of hydrogen-bond acceptors (Lipinski definition) is 6. The summed E-state index contributed by atoms with van der Waals surface area (Å²) in [6.45, 7) is 2.07. The Hall–Kier alpha value is -2.02. The van der Waals surface area contributed by atoms with Gasteiger partial charge >= 0.3 is 5.97 Å². The Bertz CT molecular complexity index is 754. The predicted octanol–water partition coefficient (Wildman–Crippen LogP) is 3.61. The van der Waals surface area contributed by atoms with Crippen molar-refractivity contribution in [3.05, 3.63) is 35.9 Å². The van der Waals surface area contributed by atoms with Crippen molar-refractivity contribution in [1.82, 2.24) is 14.8 Å². The van der Waals surface area contributed by atoms with Crippen LogP contribution in [-0.4, -0.2) is 40.9 Å². The van der Waals surface area contributed by atoms with Crippen LogP contribution in [0.1, 0.15) is 49.0 Å². The van der Waals surface area contributed by atoms with E-state index in [2.05, 4.69) is 19.7 Å². The number of ether oxygens (including phenoxy) is 1. The average Bonchev–Trinajstić information content (AvgIpc) is 3.46. The molecule has 1 aliphatic carbocycles. The second-order valence-corrected chi connectivity index (χ2v) is 7.94. The minimum Gasteiger partial charge on any atom is -0.468 e. The lowest BCUT2D eigenvalue weighted by Crippen LogP contribution is -2.32. The molecule has 1 atom stereocenters. The quantitative estimate of drug-likeness (QED) is 0.570. The fourth-order valence-electron chi connectivity index (χ4n) is 3.40. The van der Waals surface area contributed by atoms with Gasteiger partial charge in [0, 0.05) is 19.1 Å². The number of methoxy groups -OCH3 is 1. The maximum Gasteiger partial charge on any atom is 0.323 e. The molecule has 6 nitrogen and oxygen atoms in total. The van der Waals surface area contributed by atoms with Crippen LogP contribution in [0.2, 0.25) is 0 Å². The zero-order valence-electron chi connectivity index (χ0n) is 15.0. The first-order chi connectivity index (χ1) is 12.8. The molecule has 0 spiro atoms. The molecule has 2 heterocycles. The third-order valence-electron chi connectivity index (χ3n) is 4.94. The Morgan fingerprint density at radius 1 is 1.15 bits per heavy atom. The van der Waals surface area contributed by atoms with Gasteiger partial charge < -0.3 is 9.64 Å². The van der Waals surface area contributed by atoms with Gasteiger partial charge in [-0.3, -0.25) is 9.36 Å². The van der Waals surface area contributed by atoms with Crippen LogP contribution in [0.4, 0.5) is 5.95 Å². The molecule has 0 radical (unpaired) electrons. The normalized spacial score (nSPS) is 18.6. The maximum absolute atomic E-state index is 12.4. The van der Waals surface area contributed by atoms with Crippen LogP contribution >= 0.6 is 11.8 Å². The number of nitrogens with zero attached hydrogens (tertiary/aromatic N) is 4. The van der Waals surface area contributed by atoms with E-state index < -0.39 is 5.25 Å². The molecule has 4 rings (SSSR count). The smallest absolute Gasteiger partial charge is 0.323 e. The van der Waals surface area contributed by atoms with Crippen LogP contribution in [-0.2, 0) is 9.53 Å². The van der Waals surface area contributed by atoms with Gasteiger partial charge in [0.05, 0.1) is 7.11 Å². The number of aromatic nitrogens is 3. The van der Waals surface area contributed by atoms with E-state index in [1.54, 1.807) is 0 Å². The van der Waals surface area contributed by atoms with Crippen molar-refractivity contribution in [1.29, 1.82) is 0 Å². The monoisotopic (exact) mass is 372 g/mol. The molecule has 1 aromatic heterocycles. The minimum absolute atomic E-state index is 0.258. The minimum atomic E-state index is -0.433. The molecule has 1 saturated carbocycles. The van der Waals surface area contributed by atoms with E-state index in [9.17, 15) is 4.79 Å². The first-order valence-electron chi connectivity index (χ1n) is 9.27. The van der Waals surface area contributed by atoms with Crippen LogP contribution in [0.5, 0.6) is 0 Å². The molecule has 0 bridgehead atoms. The standard InChI is InChI=1S/C19H24N4O2S/c1-25-17(24)16(14-8-4-2-5-9-14)26-19-21-20-18(23(19)15-10-11-15)22-12-6-3-7-13-22/h2,4-5,8-9,15-16H,3,6-7,10-13H2,1H3. The van der Waals surface area contributed by atoms with E-state index in [1.165, 1.54) is 38.1 Å². The summed E-state index contributed by atoms with van der Waals surface area (Å²) in [4.78, 5) is 14.8. The SMILES string of the molecule is COC(=O)C(Sc1nnc(N2CCCCC2)n1C1CC1)c1ccccc1. The molecule has 26 heavy (non-hydrogen) atoms. The van der Waals surface area contributed by atoms with Crippen molar-refractivity contribution in [2.24, 2.45) is 0 Å². The van der Waals surface area contributed by atoms with Gasteiger partial charge in [0.2, 0.25) is 5.95 Å². The highest BCUT2D eigenvalue weighted by atomic mass is 32.2. The number of carbonyl (C=O) groups is 1. The Morgan fingerprint density at radius 3 is 2.54 bits per heavy atom. The van der Waals surface area contributed by atoms with E-state index in [4.69, 9.17) is 4.74 Å². The Balaban J connectivity index is 1.64. The molecule has 7 heteroatoms. The number of anilines is 1. The van der Waals surface area contributed by atoms with E-state index in [0.29, 0.717) is 6.04 Å². The van der Waals surface area contributed by atoms with Crippen LogP contribution in [0, 0.1) is 0 Å². The molecule has 1 unspecified atom stereocenters. The van der Waals surface area contributed by atoms with Crippen LogP contribution in [0.15, 0.2) is 35.5 Å². The molecule has 138 valence electrons. The maximum atomic E-state index is 12.4. The lowest BCUT2D eigenvalue weighted by molar-refractivity contribution is -0.140. The van der Waals surface area contributed by atoms with Crippen molar-refractivity contribution in [2.75, 3.05) is 25.1 Å². The predicted molar refractivity (Wildman–Crippen MR) is 101 cm³/mol. The van der Waals surface area contributed by atoms with Crippen molar-refractivity contribution >= 4 is 23.7 Å². The number of benzene rings is 1. The van der Waals surface area contributed by atoms with Gasteiger partial charge in [-0.1, -0.05) is 42.1 Å². The summed E-state index contributed by atoms with van der Waals surface area (Å²) in [5.74, 6) is 0.706. The second kappa shape index (κ2) is 7.70. The van der Waals surface area contributed by atoms with Gasteiger partial charge in [0.15, 0.2) is 5.16 Å². The van der Waals surface area contributed by atoms with Gasteiger partial charge in [0.1, 0.15) is 5.25 Å². The molecule has 1 aliphatic heterocycles. The van der Waals surface area contributed by atoms with Gasteiger partial charge in [0.25, 0.3) is 0 Å². The lowest BCUT2D eigenvalue weighted by Gasteiger charge is -2.28. The molecule has 2 aromatic rings. The van der Waals surface area contributed by atoms with E-state index in [0.717, 1.165) is 42.6 Å². The number of thioether (sulfide) groups is 1. The Morgan fingerprint density at radius 2 is 1.88 bits per heavy atom. The number of carbonyl (C=O) groups excluding carboxylic acids is 1. The third-order valence-corrected chi connectivity index (χ3v) is 6.13. The van der Waals surface area contributed by atoms with E-state index in [-0.39, 0.29) is 5.97 Å². The molecule has 1 saturated heterocycles.